The second kappa shape index (κ2) is 16.3. The van der Waals surface area contributed by atoms with Crippen LogP contribution in [0.25, 0.3) is 0 Å². The number of unbranched alkanes of at least 4 members (excludes halogenated alkanes) is 7. The van der Waals surface area contributed by atoms with Crippen molar-refractivity contribution in [3.8, 4) is 5.75 Å². The molecule has 1 heterocycles. The average molecular weight is 447 g/mol. The zero-order chi connectivity index (χ0) is 23.0. The monoisotopic (exact) mass is 446 g/mol. The van der Waals surface area contributed by atoms with Gasteiger partial charge < -0.3 is 19.3 Å². The second-order valence-electron chi connectivity index (χ2n) is 9.07. The molecule has 0 aromatic heterocycles. The number of hydrogen-bond acceptors (Lipinski definition) is 4. The molecule has 0 aliphatic carbocycles. The molecule has 4 heteroatoms. The molecule has 32 heavy (non-hydrogen) atoms. The molecule has 1 saturated heterocycles. The summed E-state index contributed by atoms with van der Waals surface area (Å²) in [6.07, 6.45) is 14.9. The lowest BCUT2D eigenvalue weighted by molar-refractivity contribution is -0.0617. The van der Waals surface area contributed by atoms with Crippen LogP contribution >= 0.6 is 0 Å². The predicted molar refractivity (Wildman–Crippen MR) is 132 cm³/mol. The van der Waals surface area contributed by atoms with Crippen molar-refractivity contribution in [2.24, 2.45) is 0 Å². The highest BCUT2D eigenvalue weighted by Gasteiger charge is 2.38. The van der Waals surface area contributed by atoms with Gasteiger partial charge in [-0.3, -0.25) is 0 Å². The molecule has 182 valence electrons. The number of ether oxygens (including phenoxy) is 3. The summed E-state index contributed by atoms with van der Waals surface area (Å²) in [4.78, 5) is 0. The van der Waals surface area contributed by atoms with Gasteiger partial charge in [0.25, 0.3) is 0 Å². The first kappa shape index (κ1) is 26.9. The van der Waals surface area contributed by atoms with E-state index in [0.717, 1.165) is 49.8 Å². The van der Waals surface area contributed by atoms with Gasteiger partial charge in [-0.15, -0.1) is 6.58 Å². The van der Waals surface area contributed by atoms with Crippen molar-refractivity contribution in [3.63, 3.8) is 0 Å². The molecule has 0 saturated carbocycles. The molecule has 1 aliphatic rings. The molecule has 0 amide bonds. The number of aliphatic hydroxyl groups excluding tert-OH is 1. The molecule has 1 aromatic rings. The van der Waals surface area contributed by atoms with Crippen molar-refractivity contribution in [3.05, 3.63) is 42.5 Å². The van der Waals surface area contributed by atoms with E-state index in [9.17, 15) is 5.11 Å². The molecule has 0 radical (unpaired) electrons. The fraction of sp³-hybridized carbons (Fsp3) is 0.714. The van der Waals surface area contributed by atoms with Gasteiger partial charge in [-0.25, -0.2) is 0 Å². The fourth-order valence-electron chi connectivity index (χ4n) is 4.43. The summed E-state index contributed by atoms with van der Waals surface area (Å²) in [5.41, 5.74) is 1.14. The minimum atomic E-state index is -0.393. The van der Waals surface area contributed by atoms with E-state index in [1.165, 1.54) is 38.5 Å². The molecule has 4 nitrogen and oxygen atoms in total. The fourth-order valence-corrected chi connectivity index (χ4v) is 4.43. The Hall–Kier alpha value is -1.36. The maximum Gasteiger partial charge on any atom is 0.119 e. The molecule has 1 unspecified atom stereocenters. The largest absolute Gasteiger partial charge is 0.494 e. The molecule has 1 fully saturated rings. The zero-order valence-corrected chi connectivity index (χ0v) is 20.5. The highest BCUT2D eigenvalue weighted by atomic mass is 16.6. The van der Waals surface area contributed by atoms with Gasteiger partial charge in [0, 0.05) is 6.42 Å². The van der Waals surface area contributed by atoms with Crippen molar-refractivity contribution in [1.29, 1.82) is 0 Å². The lowest BCUT2D eigenvalue weighted by Gasteiger charge is -2.20. The van der Waals surface area contributed by atoms with Gasteiger partial charge in [-0.05, 0) is 50.3 Å². The van der Waals surface area contributed by atoms with Crippen LogP contribution in [0.1, 0.15) is 96.5 Å². The van der Waals surface area contributed by atoms with Crippen LogP contribution < -0.4 is 4.74 Å². The van der Waals surface area contributed by atoms with Crippen LogP contribution in [0.15, 0.2) is 36.9 Å². The molecule has 4 atom stereocenters. The number of allylic oxidation sites excluding steroid dienone is 1. The van der Waals surface area contributed by atoms with Crippen LogP contribution in [0, 0.1) is 0 Å². The summed E-state index contributed by atoms with van der Waals surface area (Å²) in [5.74, 6) is 0.891. The van der Waals surface area contributed by atoms with E-state index in [2.05, 4.69) is 25.6 Å². The third-order valence-electron chi connectivity index (χ3n) is 6.36. The third kappa shape index (κ3) is 10.1. The van der Waals surface area contributed by atoms with Crippen molar-refractivity contribution in [2.75, 3.05) is 6.61 Å². The Balaban J connectivity index is 1.78. The molecule has 1 N–H and O–H groups in total. The van der Waals surface area contributed by atoms with Crippen LogP contribution in [0.4, 0.5) is 0 Å². The Bertz CT molecular complexity index is 600. The SMILES string of the molecule is C=CCCCCCCCC(O)[C@H]1C[C@H](OCc2ccc(OCC)cc2)[C@H](CCCCC)O1. The van der Waals surface area contributed by atoms with Crippen LogP contribution in [0.3, 0.4) is 0 Å². The second-order valence-corrected chi connectivity index (χ2v) is 9.07. The Kier molecular flexibility index (Phi) is 13.7. The summed E-state index contributed by atoms with van der Waals surface area (Å²) >= 11 is 0. The number of benzene rings is 1. The van der Waals surface area contributed by atoms with Gasteiger partial charge >= 0.3 is 0 Å². The normalized spacial score (nSPS) is 21.5. The first-order valence-electron chi connectivity index (χ1n) is 13.0. The first-order valence-corrected chi connectivity index (χ1v) is 13.0. The van der Waals surface area contributed by atoms with Gasteiger partial charge in [0.2, 0.25) is 0 Å². The number of aliphatic hydroxyl groups is 1. The van der Waals surface area contributed by atoms with E-state index in [1.807, 2.05) is 25.1 Å². The minimum absolute atomic E-state index is 0.0528. The lowest BCUT2D eigenvalue weighted by Crippen LogP contribution is -2.26. The van der Waals surface area contributed by atoms with E-state index < -0.39 is 6.10 Å². The van der Waals surface area contributed by atoms with E-state index >= 15 is 0 Å². The van der Waals surface area contributed by atoms with Gasteiger partial charge in [0.1, 0.15) is 5.75 Å². The van der Waals surface area contributed by atoms with Crippen LogP contribution in [0.2, 0.25) is 0 Å². The van der Waals surface area contributed by atoms with E-state index in [0.29, 0.717) is 13.2 Å². The molecular weight excluding hydrogens is 400 g/mol. The summed E-state index contributed by atoms with van der Waals surface area (Å²) in [5, 5.41) is 10.8. The Morgan fingerprint density at radius 2 is 1.81 bits per heavy atom. The minimum Gasteiger partial charge on any atom is -0.494 e. The van der Waals surface area contributed by atoms with Crippen molar-refractivity contribution in [1.82, 2.24) is 0 Å². The zero-order valence-electron chi connectivity index (χ0n) is 20.5. The first-order chi connectivity index (χ1) is 15.7. The predicted octanol–water partition coefficient (Wildman–Crippen LogP) is 6.99. The maximum absolute atomic E-state index is 10.8. The maximum atomic E-state index is 10.8. The Morgan fingerprint density at radius 1 is 1.06 bits per heavy atom. The van der Waals surface area contributed by atoms with E-state index in [-0.39, 0.29) is 18.3 Å². The van der Waals surface area contributed by atoms with Gasteiger partial charge in [0.15, 0.2) is 0 Å². The molecule has 0 bridgehead atoms. The van der Waals surface area contributed by atoms with Crippen LogP contribution in [-0.2, 0) is 16.1 Å². The average Bonchev–Trinajstić information content (AvgIpc) is 3.21. The van der Waals surface area contributed by atoms with Gasteiger partial charge in [-0.2, -0.15) is 0 Å². The highest BCUT2D eigenvalue weighted by Crippen LogP contribution is 2.31. The standard InChI is InChI=1S/C28H46O4/c1-4-7-9-10-11-12-14-15-25(29)27-21-28(26(32-27)16-13-8-5-2)31-22-23-17-19-24(20-18-23)30-6-3/h4,17-20,25-29H,1,5-16,21-22H2,2-3H3/t25?,26-,27+,28-/m0/s1. The van der Waals surface area contributed by atoms with Crippen molar-refractivity contribution < 1.29 is 19.3 Å². The number of hydrogen-bond donors (Lipinski definition) is 1. The summed E-state index contributed by atoms with van der Waals surface area (Å²) in [6, 6.07) is 8.12. The smallest absolute Gasteiger partial charge is 0.119 e. The molecule has 1 aromatic carbocycles. The number of rotatable bonds is 18. The Labute approximate surface area is 196 Å². The van der Waals surface area contributed by atoms with Crippen molar-refractivity contribution >= 4 is 0 Å². The van der Waals surface area contributed by atoms with Crippen molar-refractivity contribution in [2.45, 2.75) is 122 Å². The third-order valence-corrected chi connectivity index (χ3v) is 6.36. The topological polar surface area (TPSA) is 47.9 Å². The van der Waals surface area contributed by atoms with Crippen LogP contribution in [0.5, 0.6) is 5.75 Å². The summed E-state index contributed by atoms with van der Waals surface area (Å²) in [7, 11) is 0. The molecule has 2 rings (SSSR count). The van der Waals surface area contributed by atoms with Gasteiger partial charge in [-0.1, -0.05) is 70.1 Å². The molecule has 1 aliphatic heterocycles. The van der Waals surface area contributed by atoms with E-state index in [4.69, 9.17) is 14.2 Å². The lowest BCUT2D eigenvalue weighted by atomic mass is 10.00. The quantitative estimate of drug-likeness (QED) is 0.195. The highest BCUT2D eigenvalue weighted by molar-refractivity contribution is 5.26. The molecular formula is C28H46O4. The van der Waals surface area contributed by atoms with E-state index in [1.54, 1.807) is 0 Å². The summed E-state index contributed by atoms with van der Waals surface area (Å²) in [6.45, 7) is 9.23. The summed E-state index contributed by atoms with van der Waals surface area (Å²) < 4.78 is 18.2. The molecule has 0 spiro atoms. The Morgan fingerprint density at radius 3 is 2.53 bits per heavy atom. The van der Waals surface area contributed by atoms with Crippen LogP contribution in [-0.4, -0.2) is 36.1 Å². The van der Waals surface area contributed by atoms with Gasteiger partial charge in [0.05, 0.1) is 37.6 Å².